The fraction of sp³-hybridized carbons (Fsp3) is 0.222. The van der Waals surface area contributed by atoms with Crippen molar-refractivity contribution in [2.75, 3.05) is 11.1 Å². The lowest BCUT2D eigenvalue weighted by atomic mass is 10.2. The summed E-state index contributed by atoms with van der Waals surface area (Å²) < 4.78 is 25.7. The number of anilines is 2. The van der Waals surface area contributed by atoms with Gasteiger partial charge in [-0.25, -0.2) is 8.78 Å². The predicted molar refractivity (Wildman–Crippen MR) is 49.7 cm³/mol. The molecule has 3 N–H and O–H groups in total. The second-order valence-electron chi connectivity index (χ2n) is 2.76. The molecule has 3 nitrogen and oxygen atoms in total. The van der Waals surface area contributed by atoms with E-state index in [1.807, 2.05) is 0 Å². The third-order valence-corrected chi connectivity index (χ3v) is 1.68. The molecule has 0 heterocycles. The monoisotopic (exact) mass is 200 g/mol. The van der Waals surface area contributed by atoms with Crippen molar-refractivity contribution in [2.24, 2.45) is 0 Å². The summed E-state index contributed by atoms with van der Waals surface area (Å²) in [5.41, 5.74) is 4.92. The zero-order valence-corrected chi connectivity index (χ0v) is 7.60. The molecular weight excluding hydrogens is 190 g/mol. The first-order valence-corrected chi connectivity index (χ1v) is 4.09. The van der Waals surface area contributed by atoms with Gasteiger partial charge in [0.2, 0.25) is 5.91 Å². The molecule has 0 radical (unpaired) electrons. The summed E-state index contributed by atoms with van der Waals surface area (Å²) in [5.74, 6) is -2.02. The number of rotatable bonds is 2. The second-order valence-corrected chi connectivity index (χ2v) is 2.76. The molecule has 76 valence electrons. The van der Waals surface area contributed by atoms with E-state index in [4.69, 9.17) is 5.73 Å². The van der Waals surface area contributed by atoms with Gasteiger partial charge in [-0.1, -0.05) is 6.92 Å². The number of carbonyl (C=O) groups excluding carboxylic acids is 1. The molecule has 0 spiro atoms. The van der Waals surface area contributed by atoms with Crippen molar-refractivity contribution in [1.29, 1.82) is 0 Å². The van der Waals surface area contributed by atoms with Crippen LogP contribution in [-0.4, -0.2) is 5.91 Å². The Balaban J connectivity index is 2.98. The molecule has 0 aliphatic rings. The normalized spacial score (nSPS) is 9.93. The zero-order chi connectivity index (χ0) is 10.7. The number of nitrogens with two attached hydrogens (primary N) is 1. The first-order valence-electron chi connectivity index (χ1n) is 4.09. The van der Waals surface area contributed by atoms with E-state index in [0.717, 1.165) is 6.07 Å². The zero-order valence-electron chi connectivity index (χ0n) is 7.60. The average Bonchev–Trinajstić information content (AvgIpc) is 2.14. The van der Waals surface area contributed by atoms with Crippen molar-refractivity contribution in [3.63, 3.8) is 0 Å². The van der Waals surface area contributed by atoms with Gasteiger partial charge in [-0.3, -0.25) is 4.79 Å². The lowest BCUT2D eigenvalue weighted by Gasteiger charge is -2.06. The summed E-state index contributed by atoms with van der Waals surface area (Å²) in [6.45, 7) is 1.63. The van der Waals surface area contributed by atoms with Crippen molar-refractivity contribution in [3.05, 3.63) is 23.8 Å². The Bertz CT molecular complexity index is 366. The average molecular weight is 200 g/mol. The summed E-state index contributed by atoms with van der Waals surface area (Å²) in [6.07, 6.45) is 0.219. The van der Waals surface area contributed by atoms with Crippen LogP contribution in [0.3, 0.4) is 0 Å². The molecule has 1 aromatic carbocycles. The summed E-state index contributed by atoms with van der Waals surface area (Å²) in [7, 11) is 0. The molecule has 0 bridgehead atoms. The molecular formula is C9H10F2N2O. The highest BCUT2D eigenvalue weighted by molar-refractivity contribution is 5.91. The van der Waals surface area contributed by atoms with Crippen molar-refractivity contribution >= 4 is 17.3 Å². The van der Waals surface area contributed by atoms with Gasteiger partial charge < -0.3 is 11.1 Å². The Morgan fingerprint density at radius 1 is 1.43 bits per heavy atom. The molecule has 0 saturated carbocycles. The largest absolute Gasteiger partial charge is 0.396 e. The van der Waals surface area contributed by atoms with E-state index in [2.05, 4.69) is 5.32 Å². The van der Waals surface area contributed by atoms with Crippen LogP contribution in [0.25, 0.3) is 0 Å². The summed E-state index contributed by atoms with van der Waals surface area (Å²) in [6, 6.07) is 1.69. The quantitative estimate of drug-likeness (QED) is 0.716. The standard InChI is InChI=1S/C9H10F2N2O/c1-2-9(14)13-8-4-7(12)5(10)3-6(8)11/h3-4H,2,12H2,1H3,(H,13,14). The van der Waals surface area contributed by atoms with E-state index in [1.54, 1.807) is 6.92 Å². The molecule has 0 unspecified atom stereocenters. The molecule has 1 aromatic rings. The van der Waals surface area contributed by atoms with Gasteiger partial charge >= 0.3 is 0 Å². The molecule has 0 saturated heterocycles. The number of benzene rings is 1. The van der Waals surface area contributed by atoms with Gasteiger partial charge in [-0.15, -0.1) is 0 Å². The van der Waals surface area contributed by atoms with Gasteiger partial charge in [0, 0.05) is 12.5 Å². The van der Waals surface area contributed by atoms with Gasteiger partial charge in [-0.05, 0) is 6.07 Å². The second kappa shape index (κ2) is 4.04. The minimum atomic E-state index is -0.836. The molecule has 0 aliphatic heterocycles. The van der Waals surface area contributed by atoms with Crippen LogP contribution in [-0.2, 0) is 4.79 Å². The Labute approximate surface area is 79.9 Å². The van der Waals surface area contributed by atoms with Gasteiger partial charge in [0.05, 0.1) is 11.4 Å². The van der Waals surface area contributed by atoms with E-state index < -0.39 is 11.6 Å². The molecule has 1 rings (SSSR count). The number of nitrogen functional groups attached to an aromatic ring is 1. The van der Waals surface area contributed by atoms with Crippen LogP contribution >= 0.6 is 0 Å². The maximum absolute atomic E-state index is 13.0. The minimum Gasteiger partial charge on any atom is -0.396 e. The van der Waals surface area contributed by atoms with Gasteiger partial charge in [0.25, 0.3) is 0 Å². The number of halogens is 2. The van der Waals surface area contributed by atoms with Gasteiger partial charge in [0.15, 0.2) is 0 Å². The minimum absolute atomic E-state index is 0.101. The molecule has 0 fully saturated rings. The highest BCUT2D eigenvalue weighted by Gasteiger charge is 2.09. The van der Waals surface area contributed by atoms with E-state index in [0.29, 0.717) is 6.07 Å². The summed E-state index contributed by atoms with van der Waals surface area (Å²) >= 11 is 0. The maximum atomic E-state index is 13.0. The first kappa shape index (κ1) is 10.4. The number of hydrogen-bond donors (Lipinski definition) is 2. The summed E-state index contributed by atoms with van der Waals surface area (Å²) in [4.78, 5) is 10.9. The van der Waals surface area contributed by atoms with Crippen LogP contribution in [0, 0.1) is 11.6 Å². The van der Waals surface area contributed by atoms with Crippen molar-refractivity contribution in [2.45, 2.75) is 13.3 Å². The van der Waals surface area contributed by atoms with Crippen LogP contribution in [0.5, 0.6) is 0 Å². The highest BCUT2D eigenvalue weighted by Crippen LogP contribution is 2.20. The Kier molecular flexibility index (Phi) is 3.01. The Hall–Kier alpha value is -1.65. The molecule has 0 aromatic heterocycles. The summed E-state index contributed by atoms with van der Waals surface area (Å²) in [5, 5.41) is 2.27. The smallest absolute Gasteiger partial charge is 0.224 e. The van der Waals surface area contributed by atoms with Crippen LogP contribution < -0.4 is 11.1 Å². The topological polar surface area (TPSA) is 55.1 Å². The van der Waals surface area contributed by atoms with Crippen molar-refractivity contribution in [1.82, 2.24) is 0 Å². The van der Waals surface area contributed by atoms with Crippen LogP contribution in [0.15, 0.2) is 12.1 Å². The SMILES string of the molecule is CCC(=O)Nc1cc(N)c(F)cc1F. The Morgan fingerprint density at radius 3 is 2.64 bits per heavy atom. The molecule has 0 aliphatic carbocycles. The van der Waals surface area contributed by atoms with Crippen LogP contribution in [0.2, 0.25) is 0 Å². The van der Waals surface area contributed by atoms with E-state index in [1.165, 1.54) is 0 Å². The molecule has 14 heavy (non-hydrogen) atoms. The lowest BCUT2D eigenvalue weighted by Crippen LogP contribution is -2.11. The van der Waals surface area contributed by atoms with Crippen molar-refractivity contribution in [3.8, 4) is 0 Å². The van der Waals surface area contributed by atoms with Crippen molar-refractivity contribution < 1.29 is 13.6 Å². The third-order valence-electron chi connectivity index (χ3n) is 1.68. The van der Waals surface area contributed by atoms with Crippen LogP contribution in [0.1, 0.15) is 13.3 Å². The molecule has 0 atom stereocenters. The number of hydrogen-bond acceptors (Lipinski definition) is 2. The first-order chi connectivity index (χ1) is 6.54. The van der Waals surface area contributed by atoms with E-state index in [-0.39, 0.29) is 23.7 Å². The van der Waals surface area contributed by atoms with E-state index >= 15 is 0 Å². The number of amides is 1. The third kappa shape index (κ3) is 2.18. The molecule has 1 amide bonds. The molecule has 5 heteroatoms. The fourth-order valence-corrected chi connectivity index (χ4v) is 0.900. The fourth-order valence-electron chi connectivity index (χ4n) is 0.900. The Morgan fingerprint density at radius 2 is 2.07 bits per heavy atom. The van der Waals surface area contributed by atoms with Crippen LogP contribution in [0.4, 0.5) is 20.2 Å². The number of nitrogens with one attached hydrogen (secondary N) is 1. The maximum Gasteiger partial charge on any atom is 0.224 e. The number of carbonyl (C=O) groups is 1. The lowest BCUT2D eigenvalue weighted by molar-refractivity contribution is -0.115. The highest BCUT2D eigenvalue weighted by atomic mass is 19.1. The van der Waals surface area contributed by atoms with E-state index in [9.17, 15) is 13.6 Å². The van der Waals surface area contributed by atoms with Gasteiger partial charge in [0.1, 0.15) is 11.6 Å². The van der Waals surface area contributed by atoms with Gasteiger partial charge in [-0.2, -0.15) is 0 Å². The predicted octanol–water partition coefficient (Wildman–Crippen LogP) is 1.90.